The first kappa shape index (κ1) is 14.9. The van der Waals surface area contributed by atoms with Crippen molar-refractivity contribution >= 4 is 6.01 Å². The molecule has 0 aliphatic carbocycles. The second-order valence-corrected chi connectivity index (χ2v) is 4.57. The fourth-order valence-corrected chi connectivity index (χ4v) is 1.73. The van der Waals surface area contributed by atoms with Crippen molar-refractivity contribution in [2.75, 3.05) is 24.6 Å². The summed E-state index contributed by atoms with van der Waals surface area (Å²) in [6.07, 6.45) is 0.693. The van der Waals surface area contributed by atoms with Crippen LogP contribution < -0.4 is 10.2 Å². The third kappa shape index (κ3) is 3.96. The van der Waals surface area contributed by atoms with Gasteiger partial charge in [-0.2, -0.15) is 0 Å². The topological polar surface area (TPSA) is 74.4 Å². The highest BCUT2D eigenvalue weighted by Crippen LogP contribution is 2.19. The van der Waals surface area contributed by atoms with Gasteiger partial charge in [0.1, 0.15) is 0 Å². The van der Waals surface area contributed by atoms with E-state index in [1.54, 1.807) is 0 Å². The zero-order chi connectivity index (χ0) is 13.5. The molecule has 0 fully saturated rings. The third-order valence-electron chi connectivity index (χ3n) is 2.74. The highest BCUT2D eigenvalue weighted by molar-refractivity contribution is 5.25. The second-order valence-electron chi connectivity index (χ2n) is 4.57. The highest BCUT2D eigenvalue weighted by Gasteiger charge is 2.19. The van der Waals surface area contributed by atoms with Crippen LogP contribution >= 0.6 is 0 Å². The lowest BCUT2D eigenvalue weighted by molar-refractivity contribution is 0.287. The Kier molecular flexibility index (Phi) is 6.07. The number of hydrogen-bond acceptors (Lipinski definition) is 6. The van der Waals surface area contributed by atoms with E-state index >= 15 is 0 Å². The highest BCUT2D eigenvalue weighted by atomic mass is 16.4. The average molecular weight is 256 g/mol. The summed E-state index contributed by atoms with van der Waals surface area (Å²) in [5, 5.41) is 20.3. The SMILES string of the molecule is CCNC(C)c1nnc(N(CCCO)C(C)C)o1. The fourth-order valence-electron chi connectivity index (χ4n) is 1.73. The first-order valence-electron chi connectivity index (χ1n) is 6.54. The quantitative estimate of drug-likeness (QED) is 0.731. The molecule has 0 saturated heterocycles. The van der Waals surface area contributed by atoms with Gasteiger partial charge in [0.15, 0.2) is 0 Å². The molecule has 1 atom stereocenters. The van der Waals surface area contributed by atoms with Gasteiger partial charge in [-0.05, 0) is 33.7 Å². The van der Waals surface area contributed by atoms with Crippen LogP contribution in [-0.2, 0) is 0 Å². The lowest BCUT2D eigenvalue weighted by Gasteiger charge is -2.23. The van der Waals surface area contributed by atoms with Crippen molar-refractivity contribution in [2.45, 2.75) is 46.2 Å². The predicted octanol–water partition coefficient (Wildman–Crippen LogP) is 1.34. The van der Waals surface area contributed by atoms with Crippen LogP contribution in [0.15, 0.2) is 4.42 Å². The minimum Gasteiger partial charge on any atom is -0.406 e. The Morgan fingerprint density at radius 1 is 1.33 bits per heavy atom. The van der Waals surface area contributed by atoms with Crippen molar-refractivity contribution in [1.82, 2.24) is 15.5 Å². The van der Waals surface area contributed by atoms with Gasteiger partial charge >= 0.3 is 6.01 Å². The van der Waals surface area contributed by atoms with Crippen LogP contribution in [0.1, 0.15) is 46.0 Å². The Morgan fingerprint density at radius 2 is 2.06 bits per heavy atom. The molecular weight excluding hydrogens is 232 g/mol. The van der Waals surface area contributed by atoms with E-state index in [9.17, 15) is 0 Å². The summed E-state index contributed by atoms with van der Waals surface area (Å²) >= 11 is 0. The molecule has 2 N–H and O–H groups in total. The van der Waals surface area contributed by atoms with Gasteiger partial charge in [-0.3, -0.25) is 0 Å². The van der Waals surface area contributed by atoms with Crippen LogP contribution in [0, 0.1) is 0 Å². The van der Waals surface area contributed by atoms with E-state index in [2.05, 4.69) is 29.4 Å². The van der Waals surface area contributed by atoms with Crippen molar-refractivity contribution in [3.05, 3.63) is 5.89 Å². The Bertz CT molecular complexity index is 341. The first-order chi connectivity index (χ1) is 8.60. The summed E-state index contributed by atoms with van der Waals surface area (Å²) in [6, 6.07) is 0.848. The van der Waals surface area contributed by atoms with Gasteiger partial charge in [-0.1, -0.05) is 12.0 Å². The molecule has 6 heteroatoms. The largest absolute Gasteiger partial charge is 0.406 e. The number of anilines is 1. The molecule has 0 aliphatic heterocycles. The van der Waals surface area contributed by atoms with Gasteiger partial charge in [0, 0.05) is 19.2 Å². The second kappa shape index (κ2) is 7.33. The van der Waals surface area contributed by atoms with Gasteiger partial charge < -0.3 is 19.7 Å². The molecule has 0 radical (unpaired) electrons. The summed E-state index contributed by atoms with van der Waals surface area (Å²) in [7, 11) is 0. The average Bonchev–Trinajstić information content (AvgIpc) is 2.79. The number of aliphatic hydroxyl groups excluding tert-OH is 1. The monoisotopic (exact) mass is 256 g/mol. The van der Waals surface area contributed by atoms with Crippen molar-refractivity contribution in [3.8, 4) is 0 Å². The number of aromatic nitrogens is 2. The molecule has 1 rings (SSSR count). The zero-order valence-corrected chi connectivity index (χ0v) is 11.7. The van der Waals surface area contributed by atoms with Gasteiger partial charge in [-0.25, -0.2) is 0 Å². The molecule has 1 heterocycles. The summed E-state index contributed by atoms with van der Waals surface area (Å²) in [4.78, 5) is 2.01. The predicted molar refractivity (Wildman–Crippen MR) is 70.6 cm³/mol. The molecule has 1 aromatic heterocycles. The maximum atomic E-state index is 8.90. The molecular formula is C12H24N4O2. The Hall–Kier alpha value is -1.14. The maximum Gasteiger partial charge on any atom is 0.318 e. The van der Waals surface area contributed by atoms with Crippen LogP contribution in [0.25, 0.3) is 0 Å². The van der Waals surface area contributed by atoms with E-state index in [4.69, 9.17) is 9.52 Å². The van der Waals surface area contributed by atoms with E-state index in [1.807, 2.05) is 18.7 Å². The van der Waals surface area contributed by atoms with E-state index in [1.165, 1.54) is 0 Å². The summed E-state index contributed by atoms with van der Waals surface area (Å²) < 4.78 is 5.68. The van der Waals surface area contributed by atoms with Crippen molar-refractivity contribution in [3.63, 3.8) is 0 Å². The smallest absolute Gasteiger partial charge is 0.318 e. The summed E-state index contributed by atoms with van der Waals surface area (Å²) in [5.41, 5.74) is 0. The van der Waals surface area contributed by atoms with Crippen LogP contribution in [-0.4, -0.2) is 41.0 Å². The molecule has 0 bridgehead atoms. The van der Waals surface area contributed by atoms with Gasteiger partial charge in [0.25, 0.3) is 0 Å². The molecule has 6 nitrogen and oxygen atoms in total. The maximum absolute atomic E-state index is 8.90. The number of hydrogen-bond donors (Lipinski definition) is 2. The summed E-state index contributed by atoms with van der Waals surface area (Å²) in [5.74, 6) is 0.599. The molecule has 1 aromatic rings. The Labute approximate surface area is 108 Å². The first-order valence-corrected chi connectivity index (χ1v) is 6.54. The van der Waals surface area contributed by atoms with Crippen LogP contribution in [0.5, 0.6) is 0 Å². The Morgan fingerprint density at radius 3 is 2.61 bits per heavy atom. The number of rotatable bonds is 8. The van der Waals surface area contributed by atoms with Gasteiger partial charge in [0.2, 0.25) is 5.89 Å². The minimum absolute atomic E-state index is 0.0584. The van der Waals surface area contributed by atoms with Crippen LogP contribution in [0.4, 0.5) is 6.01 Å². The molecule has 0 aliphatic rings. The summed E-state index contributed by atoms with van der Waals surface area (Å²) in [6.45, 7) is 9.90. The molecule has 0 saturated carbocycles. The Balaban J connectivity index is 2.74. The molecule has 1 unspecified atom stereocenters. The van der Waals surface area contributed by atoms with E-state index in [-0.39, 0.29) is 18.7 Å². The van der Waals surface area contributed by atoms with Crippen LogP contribution in [0.3, 0.4) is 0 Å². The number of nitrogens with zero attached hydrogens (tertiary/aromatic N) is 3. The third-order valence-corrected chi connectivity index (χ3v) is 2.74. The lowest BCUT2D eigenvalue weighted by Crippen LogP contribution is -2.32. The molecule has 104 valence electrons. The van der Waals surface area contributed by atoms with Crippen molar-refractivity contribution in [2.24, 2.45) is 0 Å². The molecule has 0 spiro atoms. The number of aliphatic hydroxyl groups is 1. The van der Waals surface area contributed by atoms with Crippen molar-refractivity contribution < 1.29 is 9.52 Å². The van der Waals surface area contributed by atoms with E-state index in [0.29, 0.717) is 24.9 Å². The molecule has 18 heavy (non-hydrogen) atoms. The number of nitrogens with one attached hydrogen (secondary N) is 1. The standard InChI is InChI=1S/C12H24N4O2/c1-5-13-10(4)11-14-15-12(18-11)16(9(2)3)7-6-8-17/h9-10,13,17H,5-8H2,1-4H3. The van der Waals surface area contributed by atoms with Gasteiger partial charge in [0.05, 0.1) is 6.04 Å². The van der Waals surface area contributed by atoms with Crippen molar-refractivity contribution in [1.29, 1.82) is 0 Å². The minimum atomic E-state index is 0.0584. The van der Waals surface area contributed by atoms with Gasteiger partial charge in [-0.15, -0.1) is 5.10 Å². The van der Waals surface area contributed by atoms with Crippen LogP contribution in [0.2, 0.25) is 0 Å². The zero-order valence-electron chi connectivity index (χ0n) is 11.7. The fraction of sp³-hybridized carbons (Fsp3) is 0.833. The van der Waals surface area contributed by atoms with E-state index in [0.717, 1.165) is 6.54 Å². The lowest BCUT2D eigenvalue weighted by atomic mass is 10.3. The van der Waals surface area contributed by atoms with E-state index < -0.39 is 0 Å². The normalized spacial score (nSPS) is 13.0. The molecule has 0 aromatic carbocycles. The molecule has 0 amide bonds.